The van der Waals surface area contributed by atoms with Crippen molar-refractivity contribution >= 4 is 40.5 Å². The summed E-state index contributed by atoms with van der Waals surface area (Å²) in [5.41, 5.74) is -0.102. The van der Waals surface area contributed by atoms with Crippen LogP contribution in [0.2, 0.25) is 5.02 Å². The van der Waals surface area contributed by atoms with Crippen LogP contribution >= 0.6 is 11.6 Å². The molecule has 5 heterocycles. The average Bonchev–Trinajstić information content (AvgIpc) is 3.81. The third kappa shape index (κ3) is 10.9. The number of nitrogens with one attached hydrogen (secondary N) is 5. The first-order valence-electron chi connectivity index (χ1n) is 16.0. The number of nitrogens with zero attached hydrogens (tertiary/aromatic N) is 5. The molecule has 2 saturated heterocycles. The second kappa shape index (κ2) is 17.1. The van der Waals surface area contributed by atoms with E-state index in [-0.39, 0.29) is 5.91 Å². The SMILES string of the molecule is CC(C)(C)OC(=O)NC1(C(=O)NCc2ccc(Cl)cc2)CCN(c2ncnc3[nH]ccc23)CC1.CCN1CCNCC1.c1c[nH]cn1. The monoisotopic (exact) mass is 666 g/mol. The molecule has 2 aliphatic heterocycles. The van der Waals surface area contributed by atoms with Gasteiger partial charge in [0.2, 0.25) is 5.91 Å². The molecule has 0 spiro atoms. The van der Waals surface area contributed by atoms with Crippen LogP contribution in [-0.2, 0) is 16.1 Å². The second-order valence-electron chi connectivity index (χ2n) is 12.4. The van der Waals surface area contributed by atoms with Crippen LogP contribution in [0, 0.1) is 0 Å². The summed E-state index contributed by atoms with van der Waals surface area (Å²) in [6.45, 7) is 15.0. The number of rotatable bonds is 6. The van der Waals surface area contributed by atoms with E-state index in [0.717, 1.165) is 22.4 Å². The van der Waals surface area contributed by atoms with Crippen molar-refractivity contribution in [1.29, 1.82) is 0 Å². The Morgan fingerprint density at radius 1 is 1.02 bits per heavy atom. The molecular weight excluding hydrogens is 620 g/mol. The molecule has 2 fully saturated rings. The van der Waals surface area contributed by atoms with Crippen LogP contribution in [-0.4, -0.2) is 98.8 Å². The first-order valence-corrected chi connectivity index (χ1v) is 16.4. The molecule has 0 bridgehead atoms. The summed E-state index contributed by atoms with van der Waals surface area (Å²) in [6.07, 6.45) is 8.61. The molecule has 5 N–H and O–H groups in total. The van der Waals surface area contributed by atoms with Gasteiger partial charge in [0.25, 0.3) is 0 Å². The van der Waals surface area contributed by atoms with Gasteiger partial charge >= 0.3 is 6.09 Å². The van der Waals surface area contributed by atoms with Crippen LogP contribution in [0.4, 0.5) is 10.6 Å². The standard InChI is InChI=1S/C24H29ClN6O3.C6H14N2.C3H4N2/c1-23(2,3)34-22(33)30-24(21(32)27-14-16-4-6-17(25)7-5-16)9-12-31(13-10-24)20-18-8-11-26-19(18)28-15-29-20;1-2-8-5-3-7-4-6-8;1-2-5-3-4-1/h4-8,11,15H,9-10,12-14H2,1-3H3,(H,27,32)(H,30,33)(H,26,28,29);7H,2-6H2,1H3;1-3H,(H,4,5). The second-order valence-corrected chi connectivity index (χ2v) is 12.8. The molecule has 13 nitrogen and oxygen atoms in total. The number of H-pyrrole nitrogens is 2. The summed E-state index contributed by atoms with van der Waals surface area (Å²) >= 11 is 5.96. The van der Waals surface area contributed by atoms with E-state index in [1.807, 2.05) is 24.4 Å². The maximum Gasteiger partial charge on any atom is 0.408 e. The molecule has 0 saturated carbocycles. The highest BCUT2D eigenvalue weighted by molar-refractivity contribution is 6.30. The number of anilines is 1. The quantitative estimate of drug-likeness (QED) is 0.204. The molecule has 254 valence electrons. The zero-order valence-corrected chi connectivity index (χ0v) is 28.4. The number of hydrogen-bond acceptors (Lipinski definition) is 9. The van der Waals surface area contributed by atoms with Gasteiger partial charge in [0.15, 0.2) is 0 Å². The van der Waals surface area contributed by atoms with Gasteiger partial charge in [-0.25, -0.2) is 19.7 Å². The number of alkyl carbamates (subject to hydrolysis) is 1. The van der Waals surface area contributed by atoms with Crippen molar-refractivity contribution in [1.82, 2.24) is 45.8 Å². The molecule has 6 rings (SSSR count). The lowest BCUT2D eigenvalue weighted by molar-refractivity contribution is -0.128. The minimum atomic E-state index is -1.10. The zero-order chi connectivity index (χ0) is 33.7. The summed E-state index contributed by atoms with van der Waals surface area (Å²) in [4.78, 5) is 48.9. The van der Waals surface area contributed by atoms with E-state index < -0.39 is 17.2 Å². The maximum absolute atomic E-state index is 13.4. The summed E-state index contributed by atoms with van der Waals surface area (Å²) in [7, 11) is 0. The van der Waals surface area contributed by atoms with Crippen LogP contribution in [0.3, 0.4) is 0 Å². The number of piperidine rings is 1. The first-order chi connectivity index (χ1) is 22.6. The van der Waals surface area contributed by atoms with Gasteiger partial charge in [0.05, 0.1) is 11.7 Å². The molecule has 0 unspecified atom stereocenters. The zero-order valence-electron chi connectivity index (χ0n) is 27.7. The summed E-state index contributed by atoms with van der Waals surface area (Å²) in [6, 6.07) is 9.20. The van der Waals surface area contributed by atoms with Crippen molar-refractivity contribution in [2.45, 2.75) is 58.2 Å². The van der Waals surface area contributed by atoms with Crippen LogP contribution in [0.5, 0.6) is 0 Å². The lowest BCUT2D eigenvalue weighted by Crippen LogP contribution is -2.63. The highest BCUT2D eigenvalue weighted by Crippen LogP contribution is 2.30. The lowest BCUT2D eigenvalue weighted by Gasteiger charge is -2.41. The fourth-order valence-corrected chi connectivity index (χ4v) is 5.44. The Labute approximate surface area is 281 Å². The van der Waals surface area contributed by atoms with E-state index in [4.69, 9.17) is 16.3 Å². The summed E-state index contributed by atoms with van der Waals surface area (Å²) in [5.74, 6) is 0.557. The topological polar surface area (TPSA) is 156 Å². The van der Waals surface area contributed by atoms with Crippen LogP contribution in [0.1, 0.15) is 46.1 Å². The highest BCUT2D eigenvalue weighted by Gasteiger charge is 2.44. The number of likely N-dealkylation sites (N-methyl/N-ethyl adjacent to an activating group) is 1. The molecule has 3 aromatic heterocycles. The highest BCUT2D eigenvalue weighted by atomic mass is 35.5. The van der Waals surface area contributed by atoms with Gasteiger partial charge in [-0.3, -0.25) is 4.79 Å². The fraction of sp³-hybridized carbons (Fsp3) is 0.485. The van der Waals surface area contributed by atoms with Gasteiger partial charge in [-0.15, -0.1) is 0 Å². The fourth-order valence-electron chi connectivity index (χ4n) is 5.32. The molecule has 0 aliphatic carbocycles. The Bertz CT molecular complexity index is 1490. The Morgan fingerprint density at radius 3 is 2.32 bits per heavy atom. The molecule has 0 atom stereocenters. The van der Waals surface area contributed by atoms with Gasteiger partial charge in [0, 0.05) is 69.4 Å². The molecular formula is C33H47ClN10O3. The van der Waals surface area contributed by atoms with Gasteiger partial charge < -0.3 is 40.5 Å². The van der Waals surface area contributed by atoms with Crippen LogP contribution < -0.4 is 20.9 Å². The number of carbonyl (C=O) groups excluding carboxylic acids is 2. The Morgan fingerprint density at radius 2 is 1.74 bits per heavy atom. The third-order valence-electron chi connectivity index (χ3n) is 7.85. The Hall–Kier alpha value is -4.20. The van der Waals surface area contributed by atoms with Gasteiger partial charge in [-0.1, -0.05) is 30.7 Å². The molecule has 0 radical (unpaired) electrons. The van der Waals surface area contributed by atoms with Crippen molar-refractivity contribution in [2.24, 2.45) is 0 Å². The predicted molar refractivity (Wildman–Crippen MR) is 184 cm³/mol. The molecule has 14 heteroatoms. The number of carbonyl (C=O) groups is 2. The minimum Gasteiger partial charge on any atom is -0.444 e. The van der Waals surface area contributed by atoms with Crippen molar-refractivity contribution in [2.75, 3.05) is 50.7 Å². The number of aromatic nitrogens is 5. The van der Waals surface area contributed by atoms with E-state index in [9.17, 15) is 9.59 Å². The van der Waals surface area contributed by atoms with E-state index in [0.29, 0.717) is 37.5 Å². The summed E-state index contributed by atoms with van der Waals surface area (Å²) in [5, 5.41) is 10.7. The lowest BCUT2D eigenvalue weighted by atomic mass is 9.86. The number of ether oxygens (including phenoxy) is 1. The van der Waals surface area contributed by atoms with Gasteiger partial charge in [-0.2, -0.15) is 0 Å². The van der Waals surface area contributed by atoms with E-state index >= 15 is 0 Å². The summed E-state index contributed by atoms with van der Waals surface area (Å²) < 4.78 is 5.47. The van der Waals surface area contributed by atoms with Crippen LogP contribution in [0.25, 0.3) is 11.0 Å². The van der Waals surface area contributed by atoms with Crippen molar-refractivity contribution in [3.05, 3.63) is 72.2 Å². The number of imidazole rings is 1. The normalized spacial score (nSPS) is 16.2. The molecule has 4 aromatic rings. The predicted octanol–water partition coefficient (Wildman–Crippen LogP) is 4.11. The smallest absolute Gasteiger partial charge is 0.408 e. The van der Waals surface area contributed by atoms with Crippen molar-refractivity contribution < 1.29 is 14.3 Å². The van der Waals surface area contributed by atoms with Gasteiger partial charge in [-0.05, 0) is 63.9 Å². The van der Waals surface area contributed by atoms with E-state index in [1.165, 1.54) is 39.1 Å². The minimum absolute atomic E-state index is 0.248. The van der Waals surface area contributed by atoms with E-state index in [2.05, 4.69) is 57.6 Å². The molecule has 2 aliphatic rings. The van der Waals surface area contributed by atoms with E-state index in [1.54, 1.807) is 51.6 Å². The maximum atomic E-state index is 13.4. The Balaban J connectivity index is 0.000000317. The molecule has 1 aromatic carbocycles. The molecule has 47 heavy (non-hydrogen) atoms. The number of hydrogen-bond donors (Lipinski definition) is 5. The number of fused-ring (bicyclic) bond motifs is 1. The number of amides is 2. The third-order valence-corrected chi connectivity index (χ3v) is 8.11. The molecule has 2 amide bonds. The van der Waals surface area contributed by atoms with Gasteiger partial charge in [0.1, 0.15) is 28.9 Å². The number of aromatic amines is 2. The average molecular weight is 667 g/mol. The number of piperazine rings is 1. The van der Waals surface area contributed by atoms with Crippen molar-refractivity contribution in [3.8, 4) is 0 Å². The number of benzene rings is 1. The van der Waals surface area contributed by atoms with Crippen LogP contribution in [0.15, 0.2) is 61.6 Å². The Kier molecular flexibility index (Phi) is 13.0. The van der Waals surface area contributed by atoms with Crippen molar-refractivity contribution in [3.63, 3.8) is 0 Å². The first kappa shape index (κ1) is 35.7. The number of halogens is 1. The largest absolute Gasteiger partial charge is 0.444 e.